The molecule has 0 amide bonds. The van der Waals surface area contributed by atoms with E-state index in [1.807, 2.05) is 0 Å². The highest BCUT2D eigenvalue weighted by molar-refractivity contribution is 5.20. The predicted molar refractivity (Wildman–Crippen MR) is 81.2 cm³/mol. The Kier molecular flexibility index (Phi) is 6.59. The topological polar surface area (TPSA) is 28.4 Å². The summed E-state index contributed by atoms with van der Waals surface area (Å²) in [5.41, 5.74) is 1.25. The fourth-order valence-electron chi connectivity index (χ4n) is 2.35. The molecule has 0 aromatic carbocycles. The lowest BCUT2D eigenvalue weighted by Gasteiger charge is -2.25. The molecule has 0 saturated carbocycles. The lowest BCUT2D eigenvalue weighted by molar-refractivity contribution is 0.203. The van der Waals surface area contributed by atoms with Crippen LogP contribution in [0.3, 0.4) is 0 Å². The van der Waals surface area contributed by atoms with Gasteiger partial charge in [-0.15, -0.1) is 0 Å². The van der Waals surface area contributed by atoms with Crippen LogP contribution < -0.4 is 5.32 Å². The van der Waals surface area contributed by atoms with Crippen LogP contribution >= 0.6 is 0 Å². The summed E-state index contributed by atoms with van der Waals surface area (Å²) in [6.45, 7) is 13.8. The molecule has 0 spiro atoms. The highest BCUT2D eigenvalue weighted by Crippen LogP contribution is 2.18. The molecular formula is C16H30N2O. The van der Waals surface area contributed by atoms with E-state index in [2.05, 4.69) is 57.9 Å². The highest BCUT2D eigenvalue weighted by Gasteiger charge is 2.14. The molecule has 1 atom stereocenters. The zero-order valence-corrected chi connectivity index (χ0v) is 13.4. The summed E-state index contributed by atoms with van der Waals surface area (Å²) in [4.78, 5) is 2.37. The molecule has 1 N–H and O–H groups in total. The van der Waals surface area contributed by atoms with E-state index in [0.717, 1.165) is 37.1 Å². The normalized spacial score (nSPS) is 13.5. The van der Waals surface area contributed by atoms with Gasteiger partial charge in [0.1, 0.15) is 11.5 Å². The maximum Gasteiger partial charge on any atom is 0.120 e. The van der Waals surface area contributed by atoms with Crippen molar-refractivity contribution in [3.63, 3.8) is 0 Å². The van der Waals surface area contributed by atoms with Crippen LogP contribution in [-0.2, 0) is 13.1 Å². The van der Waals surface area contributed by atoms with Crippen molar-refractivity contribution in [2.24, 2.45) is 5.92 Å². The first-order valence-corrected chi connectivity index (χ1v) is 7.43. The van der Waals surface area contributed by atoms with E-state index < -0.39 is 0 Å². The molecule has 0 fully saturated rings. The third kappa shape index (κ3) is 5.37. The van der Waals surface area contributed by atoms with Crippen LogP contribution in [0.1, 0.15) is 51.2 Å². The Morgan fingerprint density at radius 1 is 1.32 bits per heavy atom. The summed E-state index contributed by atoms with van der Waals surface area (Å²) in [5.74, 6) is 2.88. The molecule has 0 bridgehead atoms. The Hall–Kier alpha value is -0.800. The zero-order valence-electron chi connectivity index (χ0n) is 13.4. The Bertz CT molecular complexity index is 371. The summed E-state index contributed by atoms with van der Waals surface area (Å²) in [7, 11) is 2.18. The van der Waals surface area contributed by atoms with Crippen LogP contribution in [0.4, 0.5) is 0 Å². The molecule has 1 rings (SSSR count). The number of nitrogens with zero attached hydrogens (tertiary/aromatic N) is 1. The number of furan rings is 1. The number of aryl methyl sites for hydroxylation is 1. The summed E-state index contributed by atoms with van der Waals surface area (Å²) in [6.07, 6.45) is 1.22. The second-order valence-electron chi connectivity index (χ2n) is 5.99. The van der Waals surface area contributed by atoms with Gasteiger partial charge in [0, 0.05) is 6.04 Å². The summed E-state index contributed by atoms with van der Waals surface area (Å²) in [6, 6.07) is 2.76. The van der Waals surface area contributed by atoms with Crippen molar-refractivity contribution in [2.45, 2.75) is 60.2 Å². The second-order valence-corrected chi connectivity index (χ2v) is 5.99. The Balaban J connectivity index is 2.56. The van der Waals surface area contributed by atoms with Crippen molar-refractivity contribution in [3.8, 4) is 0 Å². The third-order valence-corrected chi connectivity index (χ3v) is 3.58. The number of nitrogens with one attached hydrogen (secondary N) is 1. The van der Waals surface area contributed by atoms with Crippen molar-refractivity contribution in [1.82, 2.24) is 10.2 Å². The molecule has 1 heterocycles. The van der Waals surface area contributed by atoms with Gasteiger partial charge in [-0.3, -0.25) is 4.90 Å². The van der Waals surface area contributed by atoms with Gasteiger partial charge >= 0.3 is 0 Å². The van der Waals surface area contributed by atoms with Crippen molar-refractivity contribution in [1.29, 1.82) is 0 Å². The molecule has 3 nitrogen and oxygen atoms in total. The van der Waals surface area contributed by atoms with Crippen LogP contribution in [0, 0.1) is 12.8 Å². The van der Waals surface area contributed by atoms with Gasteiger partial charge in [0.05, 0.1) is 13.1 Å². The molecule has 0 aliphatic heterocycles. The quantitative estimate of drug-likeness (QED) is 0.780. The molecule has 0 saturated heterocycles. The molecule has 0 aliphatic carbocycles. The number of hydrogen-bond acceptors (Lipinski definition) is 3. The first kappa shape index (κ1) is 16.3. The van der Waals surface area contributed by atoms with Gasteiger partial charge in [-0.25, -0.2) is 0 Å². The average molecular weight is 266 g/mol. The fraction of sp³-hybridized carbons (Fsp3) is 0.750. The van der Waals surface area contributed by atoms with Crippen LogP contribution in [0.15, 0.2) is 10.5 Å². The van der Waals surface area contributed by atoms with E-state index in [0.29, 0.717) is 6.04 Å². The van der Waals surface area contributed by atoms with Gasteiger partial charge in [-0.1, -0.05) is 20.8 Å². The summed E-state index contributed by atoms with van der Waals surface area (Å²) in [5, 5.41) is 3.31. The van der Waals surface area contributed by atoms with E-state index >= 15 is 0 Å². The van der Waals surface area contributed by atoms with Crippen molar-refractivity contribution in [2.75, 3.05) is 13.6 Å². The molecule has 3 heteroatoms. The Morgan fingerprint density at radius 3 is 2.58 bits per heavy atom. The van der Waals surface area contributed by atoms with E-state index in [9.17, 15) is 0 Å². The lowest BCUT2D eigenvalue weighted by atomic mass is 10.0. The minimum atomic E-state index is 0.586. The largest absolute Gasteiger partial charge is 0.463 e. The molecular weight excluding hydrogens is 236 g/mol. The van der Waals surface area contributed by atoms with Crippen LogP contribution in [0.2, 0.25) is 0 Å². The van der Waals surface area contributed by atoms with Gasteiger partial charge in [0.15, 0.2) is 0 Å². The van der Waals surface area contributed by atoms with E-state index in [1.165, 1.54) is 12.0 Å². The van der Waals surface area contributed by atoms with Gasteiger partial charge < -0.3 is 9.73 Å². The maximum atomic E-state index is 5.94. The van der Waals surface area contributed by atoms with Gasteiger partial charge in [-0.05, 0) is 51.4 Å². The standard InChI is InChI=1S/C16H30N2O/c1-7-17-10-16-13(4)9-15(19-16)11-18(6)14(5)8-12(2)3/h9,12,14,17H,7-8,10-11H2,1-6H3. The number of rotatable bonds is 8. The molecule has 19 heavy (non-hydrogen) atoms. The lowest BCUT2D eigenvalue weighted by Crippen LogP contribution is -2.29. The van der Waals surface area contributed by atoms with E-state index in [4.69, 9.17) is 4.42 Å². The Labute approximate surface area is 118 Å². The van der Waals surface area contributed by atoms with E-state index in [-0.39, 0.29) is 0 Å². The molecule has 1 unspecified atom stereocenters. The third-order valence-electron chi connectivity index (χ3n) is 3.58. The molecule has 0 aliphatic rings. The van der Waals surface area contributed by atoms with E-state index in [1.54, 1.807) is 0 Å². The molecule has 0 radical (unpaired) electrons. The molecule has 1 aromatic heterocycles. The predicted octanol–water partition coefficient (Wildman–Crippen LogP) is 3.56. The minimum Gasteiger partial charge on any atom is -0.463 e. The molecule has 1 aromatic rings. The highest BCUT2D eigenvalue weighted by atomic mass is 16.3. The maximum absolute atomic E-state index is 5.94. The first-order chi connectivity index (χ1) is 8.93. The van der Waals surface area contributed by atoms with Crippen molar-refractivity contribution in [3.05, 3.63) is 23.2 Å². The minimum absolute atomic E-state index is 0.586. The smallest absolute Gasteiger partial charge is 0.120 e. The van der Waals surface area contributed by atoms with Gasteiger partial charge in [0.2, 0.25) is 0 Å². The van der Waals surface area contributed by atoms with Gasteiger partial charge in [-0.2, -0.15) is 0 Å². The SMILES string of the molecule is CCNCc1oc(CN(C)C(C)CC(C)C)cc1C. The fourth-order valence-corrected chi connectivity index (χ4v) is 2.35. The first-order valence-electron chi connectivity index (χ1n) is 7.43. The van der Waals surface area contributed by atoms with Gasteiger partial charge in [0.25, 0.3) is 0 Å². The second kappa shape index (κ2) is 7.71. The average Bonchev–Trinajstić information content (AvgIpc) is 2.66. The molecule has 110 valence electrons. The Morgan fingerprint density at radius 2 is 2.00 bits per heavy atom. The van der Waals surface area contributed by atoms with Crippen molar-refractivity contribution >= 4 is 0 Å². The monoisotopic (exact) mass is 266 g/mol. The summed E-state index contributed by atoms with van der Waals surface area (Å²) >= 11 is 0. The number of hydrogen-bond donors (Lipinski definition) is 1. The zero-order chi connectivity index (χ0) is 14.4. The summed E-state index contributed by atoms with van der Waals surface area (Å²) < 4.78 is 5.94. The van der Waals surface area contributed by atoms with Crippen LogP contribution in [-0.4, -0.2) is 24.5 Å². The van der Waals surface area contributed by atoms with Crippen LogP contribution in [0.5, 0.6) is 0 Å². The van der Waals surface area contributed by atoms with Crippen LogP contribution in [0.25, 0.3) is 0 Å². The van der Waals surface area contributed by atoms with Crippen molar-refractivity contribution < 1.29 is 4.42 Å².